The summed E-state index contributed by atoms with van der Waals surface area (Å²) in [6.07, 6.45) is 3.06. The molecule has 7 nitrogen and oxygen atoms in total. The van der Waals surface area contributed by atoms with E-state index in [0.717, 1.165) is 23.6 Å². The van der Waals surface area contributed by atoms with Crippen LogP contribution < -0.4 is 9.64 Å². The molecule has 2 aromatic carbocycles. The van der Waals surface area contributed by atoms with E-state index in [9.17, 15) is 22.0 Å². The van der Waals surface area contributed by atoms with Gasteiger partial charge in [-0.15, -0.1) is 11.8 Å². The molecule has 1 unspecified atom stereocenters. The summed E-state index contributed by atoms with van der Waals surface area (Å²) in [6.45, 7) is 0.997. The Kier molecular flexibility index (Phi) is 7.89. The standard InChI is InChI=1S/C23H26F2N2O5S2/c1-23(24,25)11-9-17-15-27(16-7-5-4-6-8-16)18-13-20(33-3)19(32-12-10-22(28)29)14-21(18)34(30,31)26(17)2/h4-8,10,12-14,17H,9,11,15H2,1-3H3,(H,28,29)/b12-10+. The number of carboxylic acids is 1. The van der Waals surface area contributed by atoms with Crippen molar-refractivity contribution in [3.63, 3.8) is 0 Å². The fourth-order valence-electron chi connectivity index (χ4n) is 3.69. The molecule has 0 saturated heterocycles. The lowest BCUT2D eigenvalue weighted by atomic mass is 10.1. The SMILES string of the molecule is CSc1cc2c(cc1O/C=C/C(=O)O)S(=O)(=O)N(C)C(CCC(C)(F)F)CN2c1ccccc1. The minimum atomic E-state index is -4.09. The first-order valence-corrected chi connectivity index (χ1v) is 13.1. The van der Waals surface area contributed by atoms with Crippen LogP contribution in [0.4, 0.5) is 20.2 Å². The summed E-state index contributed by atoms with van der Waals surface area (Å²) in [5.41, 5.74) is 1.11. The van der Waals surface area contributed by atoms with E-state index in [1.54, 1.807) is 12.3 Å². The number of thioether (sulfide) groups is 1. The molecule has 34 heavy (non-hydrogen) atoms. The highest BCUT2D eigenvalue weighted by Gasteiger charge is 2.39. The summed E-state index contributed by atoms with van der Waals surface area (Å²) in [4.78, 5) is 13.1. The van der Waals surface area contributed by atoms with E-state index < -0.39 is 34.4 Å². The molecule has 0 radical (unpaired) electrons. The van der Waals surface area contributed by atoms with E-state index in [4.69, 9.17) is 9.84 Å². The van der Waals surface area contributed by atoms with Crippen LogP contribution in [-0.2, 0) is 14.8 Å². The number of carbonyl (C=O) groups is 1. The van der Waals surface area contributed by atoms with Crippen LogP contribution >= 0.6 is 11.8 Å². The Hall–Kier alpha value is -2.63. The van der Waals surface area contributed by atoms with Crippen molar-refractivity contribution >= 4 is 39.1 Å². The molecule has 3 rings (SSSR count). The smallest absolute Gasteiger partial charge is 0.331 e. The van der Waals surface area contributed by atoms with Gasteiger partial charge in [0, 0.05) is 37.8 Å². The predicted octanol–water partition coefficient (Wildman–Crippen LogP) is 4.96. The van der Waals surface area contributed by atoms with Crippen molar-refractivity contribution in [2.45, 2.75) is 41.5 Å². The molecule has 0 aliphatic carbocycles. The van der Waals surface area contributed by atoms with Gasteiger partial charge in [0.2, 0.25) is 15.9 Å². The summed E-state index contributed by atoms with van der Waals surface area (Å²) in [6, 6.07) is 11.4. The number of ether oxygens (including phenoxy) is 1. The number of nitrogens with zero attached hydrogens (tertiary/aromatic N) is 2. The van der Waals surface area contributed by atoms with Crippen LogP contribution in [0.25, 0.3) is 0 Å². The molecule has 1 aliphatic rings. The molecule has 0 fully saturated rings. The average Bonchev–Trinajstić information content (AvgIpc) is 2.85. The molecule has 1 aliphatic heterocycles. The highest BCUT2D eigenvalue weighted by molar-refractivity contribution is 7.98. The highest BCUT2D eigenvalue weighted by atomic mass is 32.2. The van der Waals surface area contributed by atoms with E-state index in [0.29, 0.717) is 16.3 Å². The lowest BCUT2D eigenvalue weighted by Gasteiger charge is -2.30. The number of hydrogen-bond donors (Lipinski definition) is 1. The third kappa shape index (κ3) is 5.89. The Balaban J connectivity index is 2.18. The number of likely N-dealkylation sites (N-methyl/N-ethyl adjacent to an activating group) is 1. The second-order valence-electron chi connectivity index (χ2n) is 7.96. The summed E-state index contributed by atoms with van der Waals surface area (Å²) in [5.74, 6) is -3.96. The molecule has 2 aromatic rings. The van der Waals surface area contributed by atoms with Gasteiger partial charge in [-0.2, -0.15) is 4.31 Å². The third-order valence-corrected chi connectivity index (χ3v) is 8.19. The van der Waals surface area contributed by atoms with Gasteiger partial charge in [0.15, 0.2) is 0 Å². The van der Waals surface area contributed by atoms with Crippen LogP contribution in [0.2, 0.25) is 0 Å². The molecule has 11 heteroatoms. The fourth-order valence-corrected chi connectivity index (χ4v) is 5.79. The molecule has 184 valence electrons. The number of hydrogen-bond acceptors (Lipinski definition) is 6. The molecule has 0 amide bonds. The molecule has 0 aromatic heterocycles. The maximum absolute atomic E-state index is 13.7. The Morgan fingerprint density at radius 3 is 2.56 bits per heavy atom. The second-order valence-corrected chi connectivity index (χ2v) is 10.8. The number of alkyl halides is 2. The number of rotatable bonds is 8. The van der Waals surface area contributed by atoms with Crippen LogP contribution in [-0.4, -0.2) is 55.6 Å². The average molecular weight is 513 g/mol. The Labute approximate surface area is 202 Å². The van der Waals surface area contributed by atoms with Gasteiger partial charge in [0.1, 0.15) is 10.6 Å². The maximum Gasteiger partial charge on any atom is 0.331 e. The number of anilines is 2. The molecular formula is C23H26F2N2O5S2. The van der Waals surface area contributed by atoms with Crippen molar-refractivity contribution in [3.8, 4) is 5.75 Å². The Morgan fingerprint density at radius 2 is 1.97 bits per heavy atom. The Bertz CT molecular complexity index is 1170. The van der Waals surface area contributed by atoms with E-state index in [1.807, 2.05) is 35.2 Å². The Morgan fingerprint density at radius 1 is 1.29 bits per heavy atom. The van der Waals surface area contributed by atoms with Gasteiger partial charge < -0.3 is 14.7 Å². The largest absolute Gasteiger partial charge is 0.478 e. The number of aliphatic carboxylic acids is 1. The minimum absolute atomic E-state index is 0.0311. The zero-order valence-electron chi connectivity index (χ0n) is 18.9. The van der Waals surface area contributed by atoms with Crippen molar-refractivity contribution in [1.29, 1.82) is 0 Å². The second kappa shape index (κ2) is 10.3. The van der Waals surface area contributed by atoms with Gasteiger partial charge in [-0.1, -0.05) is 18.2 Å². The number of benzene rings is 2. The first-order valence-electron chi connectivity index (χ1n) is 10.4. The van der Waals surface area contributed by atoms with Gasteiger partial charge in [-0.3, -0.25) is 0 Å². The van der Waals surface area contributed by atoms with Crippen LogP contribution in [0.15, 0.2) is 64.6 Å². The third-order valence-electron chi connectivity index (χ3n) is 5.49. The molecular weight excluding hydrogens is 486 g/mol. The van der Waals surface area contributed by atoms with Gasteiger partial charge in [-0.05, 0) is 37.8 Å². The van der Waals surface area contributed by atoms with Crippen molar-refractivity contribution in [3.05, 3.63) is 54.8 Å². The van der Waals surface area contributed by atoms with Crippen LogP contribution in [0.1, 0.15) is 19.8 Å². The zero-order valence-corrected chi connectivity index (χ0v) is 20.6. The van der Waals surface area contributed by atoms with E-state index in [-0.39, 0.29) is 23.6 Å². The first kappa shape index (κ1) is 26.0. The van der Waals surface area contributed by atoms with Gasteiger partial charge in [-0.25, -0.2) is 22.0 Å². The van der Waals surface area contributed by atoms with E-state index in [1.165, 1.54) is 24.9 Å². The molecule has 1 heterocycles. The van der Waals surface area contributed by atoms with E-state index >= 15 is 0 Å². The van der Waals surface area contributed by atoms with Crippen molar-refractivity contribution in [1.82, 2.24) is 4.31 Å². The molecule has 0 bridgehead atoms. The van der Waals surface area contributed by atoms with Crippen LogP contribution in [0, 0.1) is 0 Å². The van der Waals surface area contributed by atoms with Gasteiger partial charge in [0.05, 0.1) is 22.9 Å². The number of fused-ring (bicyclic) bond motifs is 1. The molecule has 1 atom stereocenters. The number of sulfonamides is 1. The van der Waals surface area contributed by atoms with E-state index in [2.05, 4.69) is 0 Å². The van der Waals surface area contributed by atoms with Crippen molar-refractivity contribution in [2.24, 2.45) is 0 Å². The molecule has 0 saturated carbocycles. The van der Waals surface area contributed by atoms with Crippen molar-refractivity contribution in [2.75, 3.05) is 24.7 Å². The van der Waals surface area contributed by atoms with Gasteiger partial charge >= 0.3 is 5.97 Å². The monoisotopic (exact) mass is 512 g/mol. The number of halogens is 2. The maximum atomic E-state index is 13.7. The quantitative estimate of drug-likeness (QED) is 0.304. The first-order chi connectivity index (χ1) is 15.9. The minimum Gasteiger partial charge on any atom is -0.478 e. The molecule has 0 spiro atoms. The summed E-state index contributed by atoms with van der Waals surface area (Å²) in [7, 11) is -2.70. The summed E-state index contributed by atoms with van der Waals surface area (Å²) < 4.78 is 61.1. The fraction of sp³-hybridized carbons (Fsp3) is 0.348. The predicted molar refractivity (Wildman–Crippen MR) is 128 cm³/mol. The van der Waals surface area contributed by atoms with Crippen molar-refractivity contribution < 1.29 is 31.8 Å². The normalized spacial score (nSPS) is 18.5. The lowest BCUT2D eigenvalue weighted by Crippen LogP contribution is -2.41. The lowest BCUT2D eigenvalue weighted by molar-refractivity contribution is -0.131. The van der Waals surface area contributed by atoms with Crippen LogP contribution in [0.5, 0.6) is 5.75 Å². The summed E-state index contributed by atoms with van der Waals surface area (Å²) in [5, 5.41) is 8.83. The van der Waals surface area contributed by atoms with Crippen LogP contribution in [0.3, 0.4) is 0 Å². The topological polar surface area (TPSA) is 87.1 Å². The zero-order chi connectivity index (χ0) is 25.1. The number of carboxylic acid groups (broad SMARTS) is 1. The number of para-hydroxylation sites is 1. The van der Waals surface area contributed by atoms with Gasteiger partial charge in [0.25, 0.3) is 0 Å². The highest BCUT2D eigenvalue weighted by Crippen LogP contribution is 2.43. The summed E-state index contributed by atoms with van der Waals surface area (Å²) >= 11 is 1.31. The molecule has 1 N–H and O–H groups in total.